The molecule has 0 saturated carbocycles. The van der Waals surface area contributed by atoms with Crippen LogP contribution in [0.3, 0.4) is 0 Å². The van der Waals surface area contributed by atoms with Gasteiger partial charge in [-0.1, -0.05) is 0 Å². The zero-order valence-electron chi connectivity index (χ0n) is 8.35. The van der Waals surface area contributed by atoms with Crippen LogP contribution in [0.4, 0.5) is 0 Å². The second-order valence-electron chi connectivity index (χ2n) is 3.48. The van der Waals surface area contributed by atoms with Crippen molar-refractivity contribution in [3.05, 3.63) is 0 Å². The largest absolute Gasteiger partial charge is 0.394 e. The SMILES string of the molecule is O=C(CS)N[C@@H]1C(O)O[C@H](CO)[C@@H](O)[C@@H]1O. The van der Waals surface area contributed by atoms with Crippen molar-refractivity contribution in [2.24, 2.45) is 0 Å². The smallest absolute Gasteiger partial charge is 0.230 e. The molecule has 0 spiro atoms. The fraction of sp³-hybridized carbons (Fsp3) is 0.875. The Hall–Kier alpha value is -0.380. The summed E-state index contributed by atoms with van der Waals surface area (Å²) >= 11 is 3.71. The fourth-order valence-corrected chi connectivity index (χ4v) is 1.58. The van der Waals surface area contributed by atoms with Crippen molar-refractivity contribution in [1.29, 1.82) is 0 Å². The van der Waals surface area contributed by atoms with Crippen LogP contribution in [0.5, 0.6) is 0 Å². The molecule has 94 valence electrons. The monoisotopic (exact) mass is 253 g/mol. The van der Waals surface area contributed by atoms with Crippen LogP contribution in [0.15, 0.2) is 0 Å². The number of hydrogen-bond acceptors (Lipinski definition) is 7. The summed E-state index contributed by atoms with van der Waals surface area (Å²) < 4.78 is 4.83. The predicted octanol–water partition coefficient (Wildman–Crippen LogP) is -3.17. The van der Waals surface area contributed by atoms with E-state index in [1.165, 1.54) is 0 Å². The molecular weight excluding hydrogens is 238 g/mol. The van der Waals surface area contributed by atoms with E-state index in [1.54, 1.807) is 0 Å². The lowest BCUT2D eigenvalue weighted by Crippen LogP contribution is -2.64. The minimum absolute atomic E-state index is 0.116. The third-order valence-corrected chi connectivity index (χ3v) is 2.66. The third kappa shape index (κ3) is 2.84. The molecule has 1 heterocycles. The highest BCUT2D eigenvalue weighted by atomic mass is 32.1. The third-order valence-electron chi connectivity index (χ3n) is 2.37. The summed E-state index contributed by atoms with van der Waals surface area (Å²) in [6.45, 7) is -0.539. The van der Waals surface area contributed by atoms with Gasteiger partial charge in [-0.25, -0.2) is 0 Å². The molecule has 0 aromatic heterocycles. The summed E-state index contributed by atoms with van der Waals surface area (Å²) in [6.07, 6.45) is -5.35. The Morgan fingerprint density at radius 2 is 1.94 bits per heavy atom. The van der Waals surface area contributed by atoms with Crippen molar-refractivity contribution in [2.75, 3.05) is 12.4 Å². The van der Waals surface area contributed by atoms with Gasteiger partial charge in [-0.3, -0.25) is 4.79 Å². The highest BCUT2D eigenvalue weighted by Crippen LogP contribution is 2.19. The lowest BCUT2D eigenvalue weighted by Gasteiger charge is -2.40. The average Bonchev–Trinajstić information content (AvgIpc) is 2.28. The Morgan fingerprint density at radius 1 is 1.31 bits per heavy atom. The van der Waals surface area contributed by atoms with Gasteiger partial charge in [-0.15, -0.1) is 0 Å². The fourth-order valence-electron chi connectivity index (χ4n) is 1.48. The Bertz CT molecular complexity index is 253. The number of carbonyl (C=O) groups is 1. The van der Waals surface area contributed by atoms with Gasteiger partial charge in [0.1, 0.15) is 24.4 Å². The van der Waals surface area contributed by atoms with Gasteiger partial charge in [0.25, 0.3) is 0 Å². The Labute approximate surface area is 97.4 Å². The van der Waals surface area contributed by atoms with Crippen molar-refractivity contribution < 1.29 is 30.0 Å². The summed E-state index contributed by atoms with van der Waals surface area (Å²) in [4.78, 5) is 11.0. The van der Waals surface area contributed by atoms with Gasteiger partial charge in [0.15, 0.2) is 6.29 Å². The number of ether oxygens (including phenoxy) is 1. The first-order valence-corrected chi connectivity index (χ1v) is 5.35. The molecule has 1 unspecified atom stereocenters. The number of hydrogen-bond donors (Lipinski definition) is 6. The lowest BCUT2D eigenvalue weighted by molar-refractivity contribution is -0.253. The van der Waals surface area contributed by atoms with Gasteiger partial charge in [-0.05, 0) is 0 Å². The first-order valence-electron chi connectivity index (χ1n) is 4.72. The zero-order valence-corrected chi connectivity index (χ0v) is 9.25. The molecule has 0 bridgehead atoms. The standard InChI is InChI=1S/C8H15NO6S/c10-1-3-6(12)7(13)5(8(14)15-3)9-4(11)2-16/h3,5-8,10,12-14,16H,1-2H2,(H,9,11)/t3-,5+,6-,7-,8?/m1/s1. The van der Waals surface area contributed by atoms with E-state index in [-0.39, 0.29) is 5.75 Å². The van der Waals surface area contributed by atoms with Crippen LogP contribution in [0.1, 0.15) is 0 Å². The quantitative estimate of drug-likeness (QED) is 0.295. The maximum absolute atomic E-state index is 11.0. The van der Waals surface area contributed by atoms with E-state index in [2.05, 4.69) is 17.9 Å². The van der Waals surface area contributed by atoms with Gasteiger partial charge in [0.05, 0.1) is 12.4 Å². The van der Waals surface area contributed by atoms with Crippen LogP contribution < -0.4 is 5.32 Å². The number of nitrogens with one attached hydrogen (secondary N) is 1. The Morgan fingerprint density at radius 3 is 2.44 bits per heavy atom. The minimum Gasteiger partial charge on any atom is -0.394 e. The molecule has 5 atom stereocenters. The molecule has 0 aliphatic carbocycles. The van der Waals surface area contributed by atoms with Crippen molar-refractivity contribution in [2.45, 2.75) is 30.6 Å². The van der Waals surface area contributed by atoms with Crippen LogP contribution in [0.2, 0.25) is 0 Å². The van der Waals surface area contributed by atoms with E-state index in [0.717, 1.165) is 0 Å². The normalized spacial score (nSPS) is 39.4. The summed E-state index contributed by atoms with van der Waals surface area (Å²) in [7, 11) is 0. The number of thiol groups is 1. The molecule has 5 N–H and O–H groups in total. The highest BCUT2D eigenvalue weighted by molar-refractivity contribution is 7.81. The van der Waals surface area contributed by atoms with Gasteiger partial charge < -0.3 is 30.5 Å². The molecular formula is C8H15NO6S. The molecule has 16 heavy (non-hydrogen) atoms. The second-order valence-corrected chi connectivity index (χ2v) is 3.80. The van der Waals surface area contributed by atoms with Crippen LogP contribution in [-0.2, 0) is 9.53 Å². The van der Waals surface area contributed by atoms with Gasteiger partial charge in [0, 0.05) is 0 Å². The van der Waals surface area contributed by atoms with Crippen molar-refractivity contribution in [1.82, 2.24) is 5.32 Å². The molecule has 1 fully saturated rings. The number of amides is 1. The first kappa shape index (κ1) is 13.7. The van der Waals surface area contributed by atoms with E-state index in [1.807, 2.05) is 0 Å². The number of aliphatic hydroxyl groups is 4. The highest BCUT2D eigenvalue weighted by Gasteiger charge is 2.44. The maximum Gasteiger partial charge on any atom is 0.230 e. The molecule has 1 aliphatic rings. The predicted molar refractivity (Wildman–Crippen MR) is 55.8 cm³/mol. The topological polar surface area (TPSA) is 119 Å². The summed E-state index contributed by atoms with van der Waals surface area (Å²) in [5.41, 5.74) is 0. The van der Waals surface area contributed by atoms with Crippen LogP contribution in [0, 0.1) is 0 Å². The van der Waals surface area contributed by atoms with E-state index in [0.29, 0.717) is 0 Å². The summed E-state index contributed by atoms with van der Waals surface area (Å²) in [6, 6.07) is -1.14. The Balaban J connectivity index is 2.67. The Kier molecular flexibility index (Phi) is 4.96. The van der Waals surface area contributed by atoms with Gasteiger partial charge >= 0.3 is 0 Å². The summed E-state index contributed by atoms with van der Waals surface area (Å²) in [5, 5.41) is 39.6. The van der Waals surface area contributed by atoms with Crippen molar-refractivity contribution in [3.63, 3.8) is 0 Å². The molecule has 1 rings (SSSR count). The maximum atomic E-state index is 11.0. The van der Waals surface area contributed by atoms with E-state index < -0.39 is 43.2 Å². The lowest BCUT2D eigenvalue weighted by atomic mass is 9.97. The second kappa shape index (κ2) is 5.80. The molecule has 1 saturated heterocycles. The van der Waals surface area contributed by atoms with Crippen molar-refractivity contribution in [3.8, 4) is 0 Å². The number of aliphatic hydroxyl groups excluding tert-OH is 4. The average molecular weight is 253 g/mol. The first-order chi connectivity index (χ1) is 7.51. The van der Waals surface area contributed by atoms with Gasteiger partial charge in [0.2, 0.25) is 5.91 Å². The van der Waals surface area contributed by atoms with E-state index in [4.69, 9.17) is 9.84 Å². The van der Waals surface area contributed by atoms with Crippen LogP contribution in [0.25, 0.3) is 0 Å². The number of rotatable bonds is 3. The molecule has 8 heteroatoms. The molecule has 1 aliphatic heterocycles. The molecule has 1 amide bonds. The minimum atomic E-state index is -1.49. The van der Waals surface area contributed by atoms with Crippen molar-refractivity contribution >= 4 is 18.5 Å². The number of carbonyl (C=O) groups excluding carboxylic acids is 1. The van der Waals surface area contributed by atoms with Crippen LogP contribution in [-0.4, -0.2) is 69.3 Å². The molecule has 0 radical (unpaired) electrons. The summed E-state index contributed by atoms with van der Waals surface area (Å²) in [5.74, 6) is -0.625. The van der Waals surface area contributed by atoms with E-state index >= 15 is 0 Å². The zero-order chi connectivity index (χ0) is 12.3. The van der Waals surface area contributed by atoms with E-state index in [9.17, 15) is 20.1 Å². The van der Waals surface area contributed by atoms with Crippen LogP contribution >= 0.6 is 12.6 Å². The van der Waals surface area contributed by atoms with Gasteiger partial charge in [-0.2, -0.15) is 12.6 Å². The molecule has 7 nitrogen and oxygen atoms in total. The molecule has 0 aromatic carbocycles. The molecule has 0 aromatic rings.